The minimum absolute atomic E-state index is 0.181. The molecule has 0 aliphatic carbocycles. The Kier molecular flexibility index (Phi) is 3.74. The fourth-order valence-corrected chi connectivity index (χ4v) is 1.93. The van der Waals surface area contributed by atoms with E-state index in [1.54, 1.807) is 48.5 Å². The van der Waals surface area contributed by atoms with Gasteiger partial charge in [-0.25, -0.2) is 0 Å². The first kappa shape index (κ1) is 13.7. The smallest absolute Gasteiger partial charge is 0.153 e. The molecule has 0 bridgehead atoms. The van der Waals surface area contributed by atoms with E-state index in [4.69, 9.17) is 0 Å². The maximum Gasteiger partial charge on any atom is 0.153 e. The molecule has 1 heterocycles. The Morgan fingerprint density at radius 2 is 1.09 bits per heavy atom. The Morgan fingerprint density at radius 1 is 0.636 bits per heavy atom. The maximum atomic E-state index is 9.42. The van der Waals surface area contributed by atoms with E-state index in [0.717, 1.165) is 11.4 Å². The van der Waals surface area contributed by atoms with Gasteiger partial charge in [0.2, 0.25) is 0 Å². The largest absolute Gasteiger partial charge is 0.508 e. The number of phenols is 2. The molecule has 2 aromatic carbocycles. The minimum Gasteiger partial charge on any atom is -0.508 e. The normalized spacial score (nSPS) is 10.2. The summed E-state index contributed by atoms with van der Waals surface area (Å²) < 4.78 is 0. The minimum atomic E-state index is 0.181. The van der Waals surface area contributed by atoms with Crippen LogP contribution in [0.1, 0.15) is 0 Å². The van der Waals surface area contributed by atoms with Crippen LogP contribution < -0.4 is 10.6 Å². The van der Waals surface area contributed by atoms with Gasteiger partial charge < -0.3 is 20.8 Å². The average Bonchev–Trinajstić information content (AvgIpc) is 2.49. The number of hydrogen-bond acceptors (Lipinski definition) is 6. The van der Waals surface area contributed by atoms with Gasteiger partial charge in [0.15, 0.2) is 11.6 Å². The third-order valence-corrected chi connectivity index (χ3v) is 2.90. The Morgan fingerprint density at radius 3 is 1.45 bits per heavy atom. The summed E-state index contributed by atoms with van der Waals surface area (Å²) in [5.41, 5.74) is 1.45. The summed E-state index contributed by atoms with van der Waals surface area (Å²) in [6.45, 7) is 0. The highest BCUT2D eigenvalue weighted by molar-refractivity contribution is 5.61. The van der Waals surface area contributed by atoms with E-state index in [-0.39, 0.29) is 11.5 Å². The molecule has 0 aliphatic rings. The van der Waals surface area contributed by atoms with Gasteiger partial charge in [0.25, 0.3) is 0 Å². The van der Waals surface area contributed by atoms with Crippen molar-refractivity contribution < 1.29 is 10.2 Å². The zero-order chi connectivity index (χ0) is 15.4. The summed E-state index contributed by atoms with van der Waals surface area (Å²) in [4.78, 5) is 0. The predicted molar refractivity (Wildman–Crippen MR) is 84.8 cm³/mol. The summed E-state index contributed by atoms with van der Waals surface area (Å²) in [6, 6.07) is 17.0. The van der Waals surface area contributed by atoms with Crippen LogP contribution in [0.3, 0.4) is 0 Å². The van der Waals surface area contributed by atoms with Crippen molar-refractivity contribution in [2.45, 2.75) is 0 Å². The van der Waals surface area contributed by atoms with E-state index in [1.165, 1.54) is 0 Å². The molecule has 0 saturated heterocycles. The standard InChI is InChI=1S/C16H14N4O2/c21-13-5-1-3-11(9-13)17-15-7-8-16(20-19-15)18-12-4-2-6-14(22)10-12/h1-10,21-22H,(H,17,19)(H,18,20). The second kappa shape index (κ2) is 6.01. The zero-order valence-corrected chi connectivity index (χ0v) is 11.6. The molecule has 0 aliphatic heterocycles. The molecular formula is C16H14N4O2. The Bertz CT molecular complexity index is 709. The summed E-state index contributed by atoms with van der Waals surface area (Å²) in [5.74, 6) is 1.49. The first-order chi connectivity index (χ1) is 10.7. The number of phenolic OH excluding ortho intramolecular Hbond substituents is 2. The molecule has 0 spiro atoms. The molecule has 0 atom stereocenters. The number of aromatic nitrogens is 2. The lowest BCUT2D eigenvalue weighted by Gasteiger charge is -2.07. The summed E-state index contributed by atoms with van der Waals surface area (Å²) >= 11 is 0. The second-order valence-corrected chi connectivity index (χ2v) is 4.65. The lowest BCUT2D eigenvalue weighted by atomic mass is 10.3. The Labute approximate surface area is 127 Å². The first-order valence-corrected chi connectivity index (χ1v) is 6.65. The summed E-state index contributed by atoms with van der Waals surface area (Å²) in [6.07, 6.45) is 0. The molecule has 3 rings (SSSR count). The molecule has 3 aromatic rings. The van der Waals surface area contributed by atoms with Crippen molar-refractivity contribution in [3.8, 4) is 11.5 Å². The molecule has 22 heavy (non-hydrogen) atoms. The lowest BCUT2D eigenvalue weighted by molar-refractivity contribution is 0.475. The van der Waals surface area contributed by atoms with Crippen LogP contribution in [0.15, 0.2) is 60.7 Å². The average molecular weight is 294 g/mol. The van der Waals surface area contributed by atoms with E-state index >= 15 is 0 Å². The van der Waals surface area contributed by atoms with Crippen LogP contribution in [0.5, 0.6) is 11.5 Å². The first-order valence-electron chi connectivity index (χ1n) is 6.65. The molecule has 0 fully saturated rings. The number of nitrogens with zero attached hydrogens (tertiary/aromatic N) is 2. The van der Waals surface area contributed by atoms with Gasteiger partial charge in [-0.3, -0.25) is 0 Å². The molecule has 0 saturated carbocycles. The summed E-state index contributed by atoms with van der Waals surface area (Å²) in [5, 5.41) is 33.0. The van der Waals surface area contributed by atoms with Crippen LogP contribution >= 0.6 is 0 Å². The van der Waals surface area contributed by atoms with Crippen molar-refractivity contribution in [2.24, 2.45) is 0 Å². The van der Waals surface area contributed by atoms with Crippen molar-refractivity contribution in [1.29, 1.82) is 0 Å². The monoisotopic (exact) mass is 294 g/mol. The van der Waals surface area contributed by atoms with E-state index < -0.39 is 0 Å². The van der Waals surface area contributed by atoms with Gasteiger partial charge in [0.1, 0.15) is 11.5 Å². The van der Waals surface area contributed by atoms with E-state index in [0.29, 0.717) is 11.6 Å². The van der Waals surface area contributed by atoms with Crippen LogP contribution in [-0.2, 0) is 0 Å². The number of rotatable bonds is 4. The van der Waals surface area contributed by atoms with Crippen molar-refractivity contribution in [1.82, 2.24) is 10.2 Å². The van der Waals surface area contributed by atoms with E-state index in [2.05, 4.69) is 20.8 Å². The highest BCUT2D eigenvalue weighted by Crippen LogP contribution is 2.21. The molecule has 6 heteroatoms. The third-order valence-electron chi connectivity index (χ3n) is 2.90. The van der Waals surface area contributed by atoms with Crippen LogP contribution in [0.2, 0.25) is 0 Å². The number of aromatic hydroxyl groups is 2. The molecule has 110 valence electrons. The van der Waals surface area contributed by atoms with Gasteiger partial charge >= 0.3 is 0 Å². The highest BCUT2D eigenvalue weighted by atomic mass is 16.3. The van der Waals surface area contributed by atoms with Crippen LogP contribution in [0.25, 0.3) is 0 Å². The maximum absolute atomic E-state index is 9.42. The lowest BCUT2D eigenvalue weighted by Crippen LogP contribution is -1.99. The van der Waals surface area contributed by atoms with Gasteiger partial charge in [-0.05, 0) is 36.4 Å². The van der Waals surface area contributed by atoms with Gasteiger partial charge in [0, 0.05) is 23.5 Å². The predicted octanol–water partition coefficient (Wildman–Crippen LogP) is 3.38. The third kappa shape index (κ3) is 3.43. The fraction of sp³-hybridized carbons (Fsp3) is 0. The highest BCUT2D eigenvalue weighted by Gasteiger charge is 2.01. The number of anilines is 4. The van der Waals surface area contributed by atoms with Gasteiger partial charge in [-0.2, -0.15) is 0 Å². The van der Waals surface area contributed by atoms with Crippen molar-refractivity contribution in [3.63, 3.8) is 0 Å². The quantitative estimate of drug-likeness (QED) is 0.590. The number of benzene rings is 2. The fourth-order valence-electron chi connectivity index (χ4n) is 1.93. The summed E-state index contributed by atoms with van der Waals surface area (Å²) in [7, 11) is 0. The topological polar surface area (TPSA) is 90.3 Å². The Hall–Kier alpha value is -3.28. The molecule has 0 amide bonds. The van der Waals surface area contributed by atoms with E-state index in [9.17, 15) is 10.2 Å². The van der Waals surface area contributed by atoms with Crippen LogP contribution in [0, 0.1) is 0 Å². The molecule has 6 nitrogen and oxygen atoms in total. The molecule has 0 radical (unpaired) electrons. The van der Waals surface area contributed by atoms with Gasteiger partial charge in [-0.1, -0.05) is 12.1 Å². The van der Waals surface area contributed by atoms with Crippen molar-refractivity contribution in [3.05, 3.63) is 60.7 Å². The number of nitrogens with one attached hydrogen (secondary N) is 2. The molecular weight excluding hydrogens is 280 g/mol. The van der Waals surface area contributed by atoms with Crippen molar-refractivity contribution in [2.75, 3.05) is 10.6 Å². The second-order valence-electron chi connectivity index (χ2n) is 4.65. The van der Waals surface area contributed by atoms with Gasteiger partial charge in [-0.15, -0.1) is 10.2 Å². The van der Waals surface area contributed by atoms with Gasteiger partial charge in [0.05, 0.1) is 0 Å². The SMILES string of the molecule is Oc1cccc(Nc2ccc(Nc3cccc(O)c3)nn2)c1. The van der Waals surface area contributed by atoms with Crippen LogP contribution in [0.4, 0.5) is 23.0 Å². The van der Waals surface area contributed by atoms with Crippen molar-refractivity contribution >= 4 is 23.0 Å². The zero-order valence-electron chi connectivity index (χ0n) is 11.6. The molecule has 1 aromatic heterocycles. The molecule has 0 unspecified atom stereocenters. The molecule has 4 N–H and O–H groups in total. The Balaban J connectivity index is 1.70. The van der Waals surface area contributed by atoms with Crippen LogP contribution in [-0.4, -0.2) is 20.4 Å². The number of hydrogen-bond donors (Lipinski definition) is 4. The van der Waals surface area contributed by atoms with E-state index in [1.807, 2.05) is 12.1 Å².